The Morgan fingerprint density at radius 3 is 1.86 bits per heavy atom. The van der Waals surface area contributed by atoms with Crippen LogP contribution in [0, 0.1) is 13.8 Å². The molecule has 0 bridgehead atoms. The maximum Gasteiger partial charge on any atom is 0.329 e. The van der Waals surface area contributed by atoms with Crippen LogP contribution in [-0.4, -0.2) is 13.1 Å². The lowest BCUT2D eigenvalue weighted by Gasteiger charge is -1.93. The quantitative estimate of drug-likeness (QED) is 0.505. The minimum atomic E-state index is -0.394. The number of benzene rings is 1. The van der Waals surface area contributed by atoms with Gasteiger partial charge in [0, 0.05) is 6.08 Å². The summed E-state index contributed by atoms with van der Waals surface area (Å²) in [5.41, 5.74) is 2.74. The molecule has 1 rings (SSSR count). The predicted octanol–water partition coefficient (Wildman–Crippen LogP) is 2.65. The Balaban J connectivity index is 0.000000255. The highest BCUT2D eigenvalue weighted by Crippen LogP contribution is 2.02. The van der Waals surface area contributed by atoms with Crippen molar-refractivity contribution in [2.24, 2.45) is 0 Å². The number of ether oxygens (including phenoxy) is 1. The van der Waals surface area contributed by atoms with Crippen LogP contribution in [-0.2, 0) is 9.53 Å². The minimum absolute atomic E-state index is 0.394. The summed E-state index contributed by atoms with van der Waals surface area (Å²) in [6.45, 7) is 7.40. The fourth-order valence-electron chi connectivity index (χ4n) is 0.746. The molecule has 0 saturated carbocycles. The summed E-state index contributed by atoms with van der Waals surface area (Å²) in [7, 11) is 1.31. The van der Waals surface area contributed by atoms with Crippen LogP contribution < -0.4 is 0 Å². The number of carbonyl (C=O) groups is 1. The molecule has 76 valence electrons. The molecule has 14 heavy (non-hydrogen) atoms. The van der Waals surface area contributed by atoms with E-state index in [9.17, 15) is 4.79 Å². The summed E-state index contributed by atoms with van der Waals surface area (Å²) < 4.78 is 4.14. The van der Waals surface area contributed by atoms with Crippen molar-refractivity contribution in [3.8, 4) is 0 Å². The van der Waals surface area contributed by atoms with E-state index in [2.05, 4.69) is 49.4 Å². The third-order valence-corrected chi connectivity index (χ3v) is 1.79. The molecule has 0 spiro atoms. The minimum Gasteiger partial charge on any atom is -0.466 e. The van der Waals surface area contributed by atoms with Crippen molar-refractivity contribution in [2.45, 2.75) is 13.8 Å². The monoisotopic (exact) mass is 192 g/mol. The van der Waals surface area contributed by atoms with Crippen LogP contribution in [0.5, 0.6) is 0 Å². The van der Waals surface area contributed by atoms with Crippen LogP contribution in [0.25, 0.3) is 0 Å². The van der Waals surface area contributed by atoms with Crippen molar-refractivity contribution in [2.75, 3.05) is 7.11 Å². The molecule has 0 N–H and O–H groups in total. The first-order chi connectivity index (χ1) is 6.61. The van der Waals surface area contributed by atoms with Crippen molar-refractivity contribution in [1.29, 1.82) is 0 Å². The normalized spacial score (nSPS) is 8.21. The maximum atomic E-state index is 9.84. The Morgan fingerprint density at radius 2 is 1.71 bits per heavy atom. The second-order valence-corrected chi connectivity index (χ2v) is 2.81. The van der Waals surface area contributed by atoms with Crippen LogP contribution in [0.1, 0.15) is 11.1 Å². The topological polar surface area (TPSA) is 26.3 Å². The van der Waals surface area contributed by atoms with Crippen molar-refractivity contribution in [3.05, 3.63) is 48.0 Å². The largest absolute Gasteiger partial charge is 0.466 e. The van der Waals surface area contributed by atoms with Gasteiger partial charge < -0.3 is 4.74 Å². The van der Waals surface area contributed by atoms with Gasteiger partial charge in [-0.1, -0.05) is 30.8 Å². The highest BCUT2D eigenvalue weighted by Gasteiger charge is 1.84. The zero-order valence-electron chi connectivity index (χ0n) is 8.91. The van der Waals surface area contributed by atoms with Crippen LogP contribution in [0.15, 0.2) is 36.9 Å². The van der Waals surface area contributed by atoms with E-state index in [1.54, 1.807) is 0 Å². The average molecular weight is 192 g/mol. The van der Waals surface area contributed by atoms with Gasteiger partial charge in [0.1, 0.15) is 0 Å². The summed E-state index contributed by atoms with van der Waals surface area (Å²) in [6, 6.07) is 8.36. The van der Waals surface area contributed by atoms with E-state index in [-0.39, 0.29) is 0 Å². The summed E-state index contributed by atoms with van der Waals surface area (Å²) in [5.74, 6) is -0.394. The first-order valence-electron chi connectivity index (χ1n) is 4.34. The number of aryl methyl sites for hydroxylation is 2. The lowest BCUT2D eigenvalue weighted by molar-refractivity contribution is -0.134. The fourth-order valence-corrected chi connectivity index (χ4v) is 0.746. The van der Waals surface area contributed by atoms with E-state index in [0.717, 1.165) is 6.08 Å². The molecule has 0 fully saturated rings. The van der Waals surface area contributed by atoms with E-state index in [1.807, 2.05) is 0 Å². The Hall–Kier alpha value is -1.57. The van der Waals surface area contributed by atoms with Crippen LogP contribution >= 0.6 is 0 Å². The molecule has 1 aromatic carbocycles. The Kier molecular flexibility index (Phi) is 6.12. The van der Waals surface area contributed by atoms with E-state index in [1.165, 1.54) is 18.2 Å². The van der Waals surface area contributed by atoms with Crippen LogP contribution in [0.3, 0.4) is 0 Å². The van der Waals surface area contributed by atoms with Gasteiger partial charge in [0.05, 0.1) is 7.11 Å². The van der Waals surface area contributed by atoms with Crippen LogP contribution in [0.4, 0.5) is 0 Å². The Morgan fingerprint density at radius 1 is 1.29 bits per heavy atom. The molecular formula is C12H16O2. The summed E-state index contributed by atoms with van der Waals surface area (Å²) in [5, 5.41) is 0. The van der Waals surface area contributed by atoms with Crippen molar-refractivity contribution >= 4 is 5.97 Å². The number of esters is 1. The molecule has 0 atom stereocenters. The van der Waals surface area contributed by atoms with Gasteiger partial charge in [0.25, 0.3) is 0 Å². The molecule has 0 radical (unpaired) electrons. The summed E-state index contributed by atoms with van der Waals surface area (Å²) >= 11 is 0. The molecule has 0 unspecified atom stereocenters. The molecule has 0 aliphatic heterocycles. The van der Waals surface area contributed by atoms with Gasteiger partial charge in [-0.25, -0.2) is 4.79 Å². The number of rotatable bonds is 1. The highest BCUT2D eigenvalue weighted by atomic mass is 16.5. The zero-order chi connectivity index (χ0) is 11.0. The van der Waals surface area contributed by atoms with Crippen molar-refractivity contribution in [1.82, 2.24) is 0 Å². The number of carbonyl (C=O) groups excluding carboxylic acids is 1. The van der Waals surface area contributed by atoms with E-state index in [0.29, 0.717) is 0 Å². The molecule has 2 heteroatoms. The molecule has 0 heterocycles. The van der Waals surface area contributed by atoms with Gasteiger partial charge in [-0.3, -0.25) is 0 Å². The SMILES string of the molecule is C=CC(=O)OC.Cc1ccccc1C. The van der Waals surface area contributed by atoms with E-state index >= 15 is 0 Å². The lowest BCUT2D eigenvalue weighted by Crippen LogP contribution is -1.91. The van der Waals surface area contributed by atoms with Gasteiger partial charge in [-0.05, 0) is 25.0 Å². The fraction of sp³-hybridized carbons (Fsp3) is 0.250. The molecule has 0 saturated heterocycles. The average Bonchev–Trinajstić information content (AvgIpc) is 2.22. The zero-order valence-corrected chi connectivity index (χ0v) is 8.91. The first kappa shape index (κ1) is 12.4. The summed E-state index contributed by atoms with van der Waals surface area (Å²) in [6.07, 6.45) is 1.11. The molecule has 0 aliphatic rings. The third-order valence-electron chi connectivity index (χ3n) is 1.79. The number of methoxy groups -OCH3 is 1. The standard InChI is InChI=1S/C8H10.C4H6O2/c1-7-5-3-4-6-8(7)2;1-3-4(5)6-2/h3-6H,1-2H3;3H,1H2,2H3. The molecule has 0 aromatic heterocycles. The molecule has 0 aliphatic carbocycles. The van der Waals surface area contributed by atoms with E-state index in [4.69, 9.17) is 0 Å². The smallest absolute Gasteiger partial charge is 0.329 e. The van der Waals surface area contributed by atoms with Gasteiger partial charge in [-0.2, -0.15) is 0 Å². The van der Waals surface area contributed by atoms with Gasteiger partial charge >= 0.3 is 5.97 Å². The molecular weight excluding hydrogens is 176 g/mol. The Bertz CT molecular complexity index is 282. The molecule has 1 aromatic rings. The van der Waals surface area contributed by atoms with E-state index < -0.39 is 5.97 Å². The molecule has 0 amide bonds. The van der Waals surface area contributed by atoms with Gasteiger partial charge in [0.15, 0.2) is 0 Å². The second kappa shape index (κ2) is 6.89. The van der Waals surface area contributed by atoms with Gasteiger partial charge in [-0.15, -0.1) is 0 Å². The molecule has 2 nitrogen and oxygen atoms in total. The summed E-state index contributed by atoms with van der Waals surface area (Å²) in [4.78, 5) is 9.84. The van der Waals surface area contributed by atoms with Crippen molar-refractivity contribution < 1.29 is 9.53 Å². The predicted molar refractivity (Wildman–Crippen MR) is 58.1 cm³/mol. The Labute approximate surface area is 85.2 Å². The number of hydrogen-bond donors (Lipinski definition) is 0. The number of hydrogen-bond acceptors (Lipinski definition) is 2. The van der Waals surface area contributed by atoms with Crippen molar-refractivity contribution in [3.63, 3.8) is 0 Å². The second-order valence-electron chi connectivity index (χ2n) is 2.81. The first-order valence-corrected chi connectivity index (χ1v) is 4.34. The van der Waals surface area contributed by atoms with Crippen LogP contribution in [0.2, 0.25) is 0 Å². The third kappa shape index (κ3) is 5.14. The van der Waals surface area contributed by atoms with Gasteiger partial charge in [0.2, 0.25) is 0 Å². The maximum absolute atomic E-state index is 9.84. The lowest BCUT2D eigenvalue weighted by atomic mass is 10.1. The highest BCUT2D eigenvalue weighted by molar-refractivity contribution is 5.80.